The first kappa shape index (κ1) is 93.2. The number of hydrogen-bond donors (Lipinski definition) is 4. The zero-order chi connectivity index (χ0) is 70.9. The van der Waals surface area contributed by atoms with Gasteiger partial charge in [-0.15, -0.1) is 0 Å². The summed E-state index contributed by atoms with van der Waals surface area (Å²) in [5.41, 5.74) is 0. The molecule has 4 N–H and O–H groups in total. The summed E-state index contributed by atoms with van der Waals surface area (Å²) in [6, 6.07) is 0. The summed E-state index contributed by atoms with van der Waals surface area (Å²) in [5, 5.41) is 20.6. The fourth-order valence-corrected chi connectivity index (χ4v) is 11.8. The van der Waals surface area contributed by atoms with Gasteiger partial charge in [-0.05, 0) is 122 Å². The highest BCUT2D eigenvalue weighted by Gasteiger charge is 2.29. The van der Waals surface area contributed by atoms with E-state index in [1.807, 2.05) is 0 Å². The second kappa shape index (κ2) is 72.0. The molecule has 0 radical (unpaired) electrons. The Morgan fingerprint density at radius 1 is 0.299 bits per heavy atom. The Kier molecular flexibility index (Phi) is 69.2. The lowest BCUT2D eigenvalue weighted by Gasteiger charge is -2.21. The number of allylic oxidation sites excluding steroid dienone is 18. The number of carbonyl (C=O) groups excluding carboxylic acids is 3. The van der Waals surface area contributed by atoms with Gasteiger partial charge in [0, 0.05) is 19.3 Å². The number of aliphatic hydroxyl groups is 2. The van der Waals surface area contributed by atoms with Gasteiger partial charge in [-0.25, -0.2) is 9.13 Å². The SMILES string of the molecule is CC/C=C\C/C=C\C/C=C\C/C=C\C/C=C\CCCCCCCCCCCCCCCCCC(=O)OCC(O)COP(=O)(O)OCC(O)COP(=O)(O)OCC(COC(=O)CCCCCCC/C=C\C/C=C\C/C=C\CC)OC(=O)CCCCCCC/C=C\CCCCCCCC. The molecule has 0 rings (SSSR count). The van der Waals surface area contributed by atoms with Crippen molar-refractivity contribution in [1.29, 1.82) is 0 Å². The lowest BCUT2D eigenvalue weighted by molar-refractivity contribution is -0.161. The van der Waals surface area contributed by atoms with Crippen LogP contribution in [0, 0.1) is 0 Å². The minimum absolute atomic E-state index is 0.0910. The van der Waals surface area contributed by atoms with Crippen LogP contribution >= 0.6 is 15.6 Å². The maximum Gasteiger partial charge on any atom is 0.472 e. The second-order valence-corrected chi connectivity index (χ2v) is 28.3. The van der Waals surface area contributed by atoms with Crippen LogP contribution in [0.1, 0.15) is 316 Å². The van der Waals surface area contributed by atoms with Crippen molar-refractivity contribution in [1.82, 2.24) is 0 Å². The van der Waals surface area contributed by atoms with Gasteiger partial charge in [0.1, 0.15) is 25.4 Å². The van der Waals surface area contributed by atoms with Gasteiger partial charge >= 0.3 is 33.6 Å². The number of unbranched alkanes of at least 4 members (excludes halogenated alkanes) is 31. The number of hydrogen-bond acceptors (Lipinski definition) is 14. The summed E-state index contributed by atoms with van der Waals surface area (Å²) in [4.78, 5) is 58.5. The normalized spacial score (nSPS) is 14.7. The van der Waals surface area contributed by atoms with E-state index in [-0.39, 0.29) is 19.3 Å². The Hall–Kier alpha value is -3.79. The van der Waals surface area contributed by atoms with E-state index in [1.54, 1.807) is 0 Å². The highest BCUT2D eigenvalue weighted by molar-refractivity contribution is 7.47. The van der Waals surface area contributed by atoms with E-state index >= 15 is 0 Å². The van der Waals surface area contributed by atoms with E-state index in [2.05, 4.69) is 130 Å². The molecule has 0 fully saturated rings. The van der Waals surface area contributed by atoms with Crippen LogP contribution in [0.4, 0.5) is 0 Å². The number of aliphatic hydroxyl groups excluding tert-OH is 2. The van der Waals surface area contributed by atoms with Crippen LogP contribution in [0.5, 0.6) is 0 Å². The summed E-state index contributed by atoms with van der Waals surface area (Å²) in [6.07, 6.45) is 83.0. The van der Waals surface area contributed by atoms with Crippen LogP contribution in [0.3, 0.4) is 0 Å². The summed E-state index contributed by atoms with van der Waals surface area (Å²) in [5.74, 6) is -1.60. The van der Waals surface area contributed by atoms with Gasteiger partial charge in [-0.3, -0.25) is 32.5 Å². The lowest BCUT2D eigenvalue weighted by Crippen LogP contribution is -2.30. The molecule has 0 aromatic rings. The van der Waals surface area contributed by atoms with Crippen molar-refractivity contribution in [2.75, 3.05) is 39.6 Å². The van der Waals surface area contributed by atoms with Gasteiger partial charge in [0.15, 0.2) is 6.10 Å². The molecule has 0 heterocycles. The van der Waals surface area contributed by atoms with E-state index in [1.165, 1.54) is 116 Å². The summed E-state index contributed by atoms with van der Waals surface area (Å²) >= 11 is 0. The minimum atomic E-state index is -4.93. The number of carbonyl (C=O) groups is 3. The van der Waals surface area contributed by atoms with Gasteiger partial charge in [-0.2, -0.15) is 0 Å². The first-order valence-electron chi connectivity index (χ1n) is 38.2. The first-order valence-corrected chi connectivity index (χ1v) is 41.2. The Bertz CT molecular complexity index is 2200. The third kappa shape index (κ3) is 73.3. The standard InChI is InChI=1S/C79H138O16P2/c1-4-7-10-13-16-19-22-25-28-29-30-31-32-33-34-35-36-37-38-39-40-41-42-43-46-48-50-53-56-59-62-65-77(82)89-68-74(80)69-91-96(85,86)92-70-75(81)71-93-97(87,88)94-73-76(95-79(84)67-64-61-58-55-52-49-45-27-24-21-18-15-12-9-6-3)72-90-78(83)66-63-60-57-54-51-47-44-26-23-20-17-14-11-8-5-2/h7-8,10-11,16-17,19-20,25-28,30-31,33-34,44-45,74-76,80-81H,4-6,9,12-15,18,21-24,29,32,35-43,46-73H2,1-3H3,(H,85,86)(H,87,88)/b10-7-,11-8-,19-16-,20-17-,28-25-,31-30-,34-33-,44-26-,45-27-. The van der Waals surface area contributed by atoms with Crippen LogP contribution in [0.15, 0.2) is 109 Å². The number of esters is 3. The molecule has 18 heteroatoms. The molecule has 0 amide bonds. The first-order chi connectivity index (χ1) is 47.2. The number of ether oxygens (including phenoxy) is 3. The Labute approximate surface area is 590 Å². The maximum absolute atomic E-state index is 12.9. The van der Waals surface area contributed by atoms with Crippen LogP contribution in [-0.4, -0.2) is 95.9 Å². The molecule has 560 valence electrons. The second-order valence-electron chi connectivity index (χ2n) is 25.4. The molecule has 0 aliphatic heterocycles. The highest BCUT2D eigenvalue weighted by Crippen LogP contribution is 2.45. The number of phosphoric acid groups is 2. The van der Waals surface area contributed by atoms with Crippen molar-refractivity contribution in [3.05, 3.63) is 109 Å². The molecular weight excluding hydrogens is 1270 g/mol. The molecule has 5 atom stereocenters. The molecule has 0 aliphatic carbocycles. The Morgan fingerprint density at radius 2 is 0.546 bits per heavy atom. The van der Waals surface area contributed by atoms with Crippen molar-refractivity contribution in [2.24, 2.45) is 0 Å². The van der Waals surface area contributed by atoms with Gasteiger partial charge in [0.2, 0.25) is 0 Å². The fourth-order valence-electron chi connectivity index (χ4n) is 10.2. The molecular formula is C79H138O16P2. The number of rotatable bonds is 72. The molecule has 0 saturated heterocycles. The van der Waals surface area contributed by atoms with E-state index in [0.717, 1.165) is 141 Å². The van der Waals surface area contributed by atoms with Crippen molar-refractivity contribution in [2.45, 2.75) is 334 Å². The quantitative estimate of drug-likeness (QED) is 0.0146. The predicted octanol–water partition coefficient (Wildman–Crippen LogP) is 22.0. The van der Waals surface area contributed by atoms with Crippen LogP contribution in [0.25, 0.3) is 0 Å². The van der Waals surface area contributed by atoms with E-state index in [0.29, 0.717) is 19.3 Å². The lowest BCUT2D eigenvalue weighted by atomic mass is 10.0. The summed E-state index contributed by atoms with van der Waals surface area (Å²) < 4.78 is 61.0. The molecule has 0 saturated carbocycles. The van der Waals surface area contributed by atoms with Gasteiger partial charge in [-0.1, -0.05) is 284 Å². The van der Waals surface area contributed by atoms with Crippen molar-refractivity contribution >= 4 is 33.6 Å². The van der Waals surface area contributed by atoms with Crippen molar-refractivity contribution < 1.29 is 75.8 Å². The zero-order valence-electron chi connectivity index (χ0n) is 61.0. The molecule has 0 aromatic carbocycles. The molecule has 0 bridgehead atoms. The number of phosphoric ester groups is 2. The maximum atomic E-state index is 12.9. The van der Waals surface area contributed by atoms with Crippen LogP contribution in [-0.2, 0) is 55.8 Å². The third-order valence-corrected chi connectivity index (χ3v) is 17.9. The third-order valence-electron chi connectivity index (χ3n) is 16.0. The predicted molar refractivity (Wildman–Crippen MR) is 399 cm³/mol. The molecule has 0 aliphatic rings. The molecule has 0 spiro atoms. The zero-order valence-corrected chi connectivity index (χ0v) is 62.8. The summed E-state index contributed by atoms with van der Waals surface area (Å²) in [7, 11) is -9.78. The highest BCUT2D eigenvalue weighted by atomic mass is 31.2. The molecule has 16 nitrogen and oxygen atoms in total. The topological polar surface area (TPSA) is 231 Å². The van der Waals surface area contributed by atoms with Crippen molar-refractivity contribution in [3.8, 4) is 0 Å². The molecule has 0 aromatic heterocycles. The van der Waals surface area contributed by atoms with E-state index < -0.39 is 91.5 Å². The van der Waals surface area contributed by atoms with E-state index in [4.69, 9.17) is 32.3 Å². The van der Waals surface area contributed by atoms with Crippen molar-refractivity contribution in [3.63, 3.8) is 0 Å². The Morgan fingerprint density at radius 3 is 0.876 bits per heavy atom. The molecule has 5 unspecified atom stereocenters. The average molecular weight is 1410 g/mol. The smallest absolute Gasteiger partial charge is 0.463 e. The monoisotopic (exact) mass is 1400 g/mol. The van der Waals surface area contributed by atoms with Gasteiger partial charge in [0.25, 0.3) is 0 Å². The average Bonchev–Trinajstić information content (AvgIpc) is 1.84. The van der Waals surface area contributed by atoms with E-state index in [9.17, 15) is 43.5 Å². The minimum Gasteiger partial charge on any atom is -0.463 e. The Balaban J connectivity index is 4.44. The fraction of sp³-hybridized carbons (Fsp3) is 0.734. The largest absolute Gasteiger partial charge is 0.472 e. The molecule has 97 heavy (non-hydrogen) atoms. The van der Waals surface area contributed by atoms with Gasteiger partial charge < -0.3 is 34.2 Å². The van der Waals surface area contributed by atoms with Crippen LogP contribution < -0.4 is 0 Å². The van der Waals surface area contributed by atoms with Crippen LogP contribution in [0.2, 0.25) is 0 Å². The summed E-state index contributed by atoms with van der Waals surface area (Å²) in [6.45, 7) is 2.44. The van der Waals surface area contributed by atoms with Gasteiger partial charge in [0.05, 0.1) is 26.4 Å².